The number of allylic oxidation sites excluding steroid dienone is 2. The van der Waals surface area contributed by atoms with Gasteiger partial charge in [0.15, 0.2) is 0 Å². The number of rotatable bonds is 3. The summed E-state index contributed by atoms with van der Waals surface area (Å²) in [6.45, 7) is 4.29. The van der Waals surface area contributed by atoms with Gasteiger partial charge in [-0.15, -0.1) is 0 Å². The van der Waals surface area contributed by atoms with E-state index in [4.69, 9.17) is 0 Å². The average molecular weight is 177 g/mol. The summed E-state index contributed by atoms with van der Waals surface area (Å²) in [6.07, 6.45) is 4.59. The summed E-state index contributed by atoms with van der Waals surface area (Å²) >= 11 is 3.39. The van der Waals surface area contributed by atoms with Crippen molar-refractivity contribution in [3.05, 3.63) is 11.6 Å². The van der Waals surface area contributed by atoms with E-state index in [9.17, 15) is 0 Å². The maximum atomic E-state index is 3.39. The molecule has 0 heterocycles. The topological polar surface area (TPSA) is 0 Å². The van der Waals surface area contributed by atoms with Crippen molar-refractivity contribution < 1.29 is 0 Å². The first kappa shape index (κ1) is 8.22. The van der Waals surface area contributed by atoms with Gasteiger partial charge in [0.05, 0.1) is 0 Å². The van der Waals surface area contributed by atoms with Crippen LogP contribution in [0.5, 0.6) is 0 Å². The van der Waals surface area contributed by atoms with Gasteiger partial charge in [-0.05, 0) is 19.8 Å². The lowest BCUT2D eigenvalue weighted by Crippen LogP contribution is -1.79. The highest BCUT2D eigenvalue weighted by molar-refractivity contribution is 9.09. The molecule has 0 aromatic carbocycles. The summed E-state index contributed by atoms with van der Waals surface area (Å²) in [5, 5.41) is 1.10. The van der Waals surface area contributed by atoms with Crippen molar-refractivity contribution in [3.8, 4) is 0 Å². The van der Waals surface area contributed by atoms with Gasteiger partial charge in [0.25, 0.3) is 0 Å². The van der Waals surface area contributed by atoms with E-state index in [2.05, 4.69) is 35.9 Å². The molecule has 0 radical (unpaired) electrons. The second kappa shape index (κ2) is 5.36. The van der Waals surface area contributed by atoms with Crippen molar-refractivity contribution in [3.63, 3.8) is 0 Å². The fourth-order valence-electron chi connectivity index (χ4n) is 0.647. The smallest absolute Gasteiger partial charge is 0.00685 e. The van der Waals surface area contributed by atoms with Gasteiger partial charge in [-0.3, -0.25) is 0 Å². The minimum absolute atomic E-state index is 1.10. The molecule has 0 saturated heterocycles. The minimum Gasteiger partial charge on any atom is -0.0925 e. The first-order valence-electron chi connectivity index (χ1n) is 3.05. The Hall–Kier alpha value is 0.220. The van der Waals surface area contributed by atoms with Crippen LogP contribution in [0.2, 0.25) is 0 Å². The van der Waals surface area contributed by atoms with Gasteiger partial charge in [0.1, 0.15) is 0 Å². The van der Waals surface area contributed by atoms with Crippen LogP contribution in [-0.4, -0.2) is 5.33 Å². The molecule has 0 nitrogen and oxygen atoms in total. The van der Waals surface area contributed by atoms with Crippen LogP contribution in [0.4, 0.5) is 0 Å². The highest BCUT2D eigenvalue weighted by Crippen LogP contribution is 2.06. The Morgan fingerprint density at radius 3 is 2.38 bits per heavy atom. The Labute approximate surface area is 60.1 Å². The lowest BCUT2D eigenvalue weighted by atomic mass is 10.1. The molecule has 0 aliphatic rings. The summed E-state index contributed by atoms with van der Waals surface area (Å²) in [5.74, 6) is 0. The van der Waals surface area contributed by atoms with Gasteiger partial charge in [-0.25, -0.2) is 0 Å². The zero-order chi connectivity index (χ0) is 6.41. The molecule has 0 saturated carbocycles. The lowest BCUT2D eigenvalue weighted by molar-refractivity contribution is 0.985. The SMILES string of the molecule is CC=C(CC)CCBr. The fraction of sp³-hybridized carbons (Fsp3) is 0.714. The normalized spacial score (nSPS) is 12.1. The quantitative estimate of drug-likeness (QED) is 0.459. The predicted molar refractivity (Wildman–Crippen MR) is 42.5 cm³/mol. The van der Waals surface area contributed by atoms with Crippen LogP contribution in [0.1, 0.15) is 26.7 Å². The Kier molecular flexibility index (Phi) is 5.51. The molecule has 0 aromatic heterocycles. The number of alkyl halides is 1. The van der Waals surface area contributed by atoms with Crippen LogP contribution in [0, 0.1) is 0 Å². The molecule has 0 spiro atoms. The molecule has 0 N–H and O–H groups in total. The number of halogens is 1. The molecule has 0 atom stereocenters. The monoisotopic (exact) mass is 176 g/mol. The molecule has 0 aliphatic carbocycles. The van der Waals surface area contributed by atoms with Gasteiger partial charge in [-0.2, -0.15) is 0 Å². The van der Waals surface area contributed by atoms with Gasteiger partial charge >= 0.3 is 0 Å². The molecule has 48 valence electrons. The molecule has 0 aliphatic heterocycles. The van der Waals surface area contributed by atoms with E-state index >= 15 is 0 Å². The highest BCUT2D eigenvalue weighted by atomic mass is 79.9. The third kappa shape index (κ3) is 3.25. The zero-order valence-corrected chi connectivity index (χ0v) is 7.16. The molecule has 0 aromatic rings. The molecule has 0 bridgehead atoms. The average Bonchev–Trinajstić information content (AvgIpc) is 1.83. The first-order valence-corrected chi connectivity index (χ1v) is 4.17. The summed E-state index contributed by atoms with van der Waals surface area (Å²) in [6, 6.07) is 0. The second-order valence-electron chi connectivity index (χ2n) is 1.74. The van der Waals surface area contributed by atoms with E-state index in [1.165, 1.54) is 12.8 Å². The maximum absolute atomic E-state index is 3.39. The number of hydrogen-bond donors (Lipinski definition) is 0. The van der Waals surface area contributed by atoms with E-state index in [-0.39, 0.29) is 0 Å². The van der Waals surface area contributed by atoms with Gasteiger partial charge in [0, 0.05) is 5.33 Å². The minimum atomic E-state index is 1.10. The number of hydrogen-bond acceptors (Lipinski definition) is 0. The van der Waals surface area contributed by atoms with Crippen molar-refractivity contribution in [1.82, 2.24) is 0 Å². The van der Waals surface area contributed by atoms with Crippen molar-refractivity contribution in [2.75, 3.05) is 5.33 Å². The van der Waals surface area contributed by atoms with Crippen molar-refractivity contribution in [1.29, 1.82) is 0 Å². The Morgan fingerprint density at radius 1 is 1.62 bits per heavy atom. The lowest BCUT2D eigenvalue weighted by Gasteiger charge is -1.96. The third-order valence-corrected chi connectivity index (χ3v) is 1.67. The third-order valence-electron chi connectivity index (χ3n) is 1.28. The van der Waals surface area contributed by atoms with Crippen molar-refractivity contribution in [2.45, 2.75) is 26.7 Å². The summed E-state index contributed by atoms with van der Waals surface area (Å²) in [7, 11) is 0. The van der Waals surface area contributed by atoms with Gasteiger partial charge < -0.3 is 0 Å². The highest BCUT2D eigenvalue weighted by Gasteiger charge is 1.87. The first-order chi connectivity index (χ1) is 3.85. The van der Waals surface area contributed by atoms with Gasteiger partial charge in [-0.1, -0.05) is 34.5 Å². The maximum Gasteiger partial charge on any atom is 0.00685 e. The van der Waals surface area contributed by atoms with Crippen LogP contribution < -0.4 is 0 Å². The molecule has 1 heteroatoms. The molecule has 0 fully saturated rings. The largest absolute Gasteiger partial charge is 0.0925 e. The van der Waals surface area contributed by atoms with Crippen molar-refractivity contribution >= 4 is 15.9 Å². The standard InChI is InChI=1S/C7H13Br/c1-3-7(4-2)5-6-8/h3H,4-6H2,1-2H3. The van der Waals surface area contributed by atoms with E-state index in [1.54, 1.807) is 5.57 Å². The predicted octanol–water partition coefficient (Wildman–Crippen LogP) is 3.13. The van der Waals surface area contributed by atoms with Gasteiger partial charge in [0.2, 0.25) is 0 Å². The molecule has 0 unspecified atom stereocenters. The van der Waals surface area contributed by atoms with E-state index in [0.717, 1.165) is 5.33 Å². The van der Waals surface area contributed by atoms with Crippen LogP contribution in [0.15, 0.2) is 11.6 Å². The van der Waals surface area contributed by atoms with E-state index < -0.39 is 0 Å². The second-order valence-corrected chi connectivity index (χ2v) is 2.53. The van der Waals surface area contributed by atoms with Crippen molar-refractivity contribution in [2.24, 2.45) is 0 Å². The molecule has 0 amide bonds. The molecular weight excluding hydrogens is 164 g/mol. The summed E-state index contributed by atoms with van der Waals surface area (Å²) in [5.41, 5.74) is 1.54. The van der Waals surface area contributed by atoms with E-state index in [0.29, 0.717) is 0 Å². The van der Waals surface area contributed by atoms with Crippen LogP contribution >= 0.6 is 15.9 Å². The molecule has 8 heavy (non-hydrogen) atoms. The molecule has 0 rings (SSSR count). The van der Waals surface area contributed by atoms with Crippen LogP contribution in [-0.2, 0) is 0 Å². The summed E-state index contributed by atoms with van der Waals surface area (Å²) < 4.78 is 0. The molecular formula is C7H13Br. The van der Waals surface area contributed by atoms with Crippen LogP contribution in [0.25, 0.3) is 0 Å². The Bertz CT molecular complexity index is 74.5. The Morgan fingerprint density at radius 2 is 2.25 bits per heavy atom. The zero-order valence-electron chi connectivity index (χ0n) is 5.58. The summed E-state index contributed by atoms with van der Waals surface area (Å²) in [4.78, 5) is 0. The fourth-order valence-corrected chi connectivity index (χ4v) is 1.16. The Balaban J connectivity index is 3.38. The van der Waals surface area contributed by atoms with E-state index in [1.807, 2.05) is 0 Å². The van der Waals surface area contributed by atoms with Crippen LogP contribution in [0.3, 0.4) is 0 Å².